The first kappa shape index (κ1) is 8.10. The number of hydrogen-bond donors (Lipinski definition) is 0. The van der Waals surface area contributed by atoms with E-state index in [9.17, 15) is 8.42 Å². The Kier molecular flexibility index (Phi) is 2.07. The zero-order chi connectivity index (χ0) is 7.78. The second-order valence-electron chi connectivity index (χ2n) is 1.52. The number of hydrogen-bond acceptors (Lipinski definition) is 3. The van der Waals surface area contributed by atoms with E-state index in [-0.39, 0.29) is 4.90 Å². The van der Waals surface area contributed by atoms with Gasteiger partial charge in [0.25, 0.3) is 9.05 Å². The molecule has 0 aromatic carbocycles. The third-order valence-corrected chi connectivity index (χ3v) is 3.06. The van der Waals surface area contributed by atoms with Crippen molar-refractivity contribution in [1.29, 1.82) is 0 Å². The maximum absolute atomic E-state index is 10.6. The molecule has 0 saturated heterocycles. The van der Waals surface area contributed by atoms with Crippen molar-refractivity contribution >= 4 is 35.7 Å². The fourth-order valence-electron chi connectivity index (χ4n) is 0.444. The molecule has 1 aromatic heterocycles. The molecule has 0 fully saturated rings. The lowest BCUT2D eigenvalue weighted by molar-refractivity contribution is 0.557. The summed E-state index contributed by atoms with van der Waals surface area (Å²) in [6, 6.07) is 0. The van der Waals surface area contributed by atoms with Crippen molar-refractivity contribution in [3.63, 3.8) is 0 Å². The van der Waals surface area contributed by atoms with E-state index in [1.54, 1.807) is 0 Å². The Hall–Kier alpha value is -0.000000000000000111. The predicted octanol–water partition coefficient (Wildman–Crippen LogP) is 1.97. The van der Waals surface area contributed by atoms with Gasteiger partial charge in [-0.15, -0.1) is 0 Å². The topological polar surface area (TPSA) is 47.3 Å². The zero-order valence-electron chi connectivity index (χ0n) is 4.54. The van der Waals surface area contributed by atoms with Crippen LogP contribution in [-0.2, 0) is 9.05 Å². The van der Waals surface area contributed by atoms with Crippen LogP contribution in [0.5, 0.6) is 0 Å². The van der Waals surface area contributed by atoms with Crippen molar-refractivity contribution in [3.8, 4) is 0 Å². The van der Waals surface area contributed by atoms with Crippen molar-refractivity contribution in [1.82, 2.24) is 0 Å². The fraction of sp³-hybridized carbons (Fsp3) is 0. The molecule has 1 rings (SSSR count). The third-order valence-electron chi connectivity index (χ3n) is 0.845. The van der Waals surface area contributed by atoms with Gasteiger partial charge in [-0.1, -0.05) is 0 Å². The summed E-state index contributed by atoms with van der Waals surface area (Å²) in [5, 5.41) is 0. The highest BCUT2D eigenvalue weighted by molar-refractivity contribution is 9.10. The zero-order valence-corrected chi connectivity index (χ0v) is 7.70. The predicted molar refractivity (Wildman–Crippen MR) is 39.4 cm³/mol. The highest BCUT2D eigenvalue weighted by Gasteiger charge is 2.15. The van der Waals surface area contributed by atoms with Crippen LogP contribution in [0.2, 0.25) is 0 Å². The molecule has 0 aliphatic heterocycles. The molecule has 0 spiro atoms. The number of rotatable bonds is 1. The van der Waals surface area contributed by atoms with Crippen molar-refractivity contribution in [2.45, 2.75) is 4.90 Å². The summed E-state index contributed by atoms with van der Waals surface area (Å²) in [5.74, 6) is 0. The third kappa shape index (κ3) is 1.53. The average Bonchev–Trinajstić information content (AvgIpc) is 2.11. The monoisotopic (exact) mass is 244 g/mol. The van der Waals surface area contributed by atoms with Gasteiger partial charge < -0.3 is 4.42 Å². The molecule has 0 unspecified atom stereocenters. The lowest BCUT2D eigenvalue weighted by atomic mass is 10.7. The molecule has 0 saturated carbocycles. The van der Waals surface area contributed by atoms with E-state index in [0.29, 0.717) is 4.47 Å². The van der Waals surface area contributed by atoms with E-state index >= 15 is 0 Å². The first-order valence-corrected chi connectivity index (χ1v) is 5.28. The summed E-state index contributed by atoms with van der Waals surface area (Å²) in [7, 11) is 1.33. The van der Waals surface area contributed by atoms with E-state index in [0.717, 1.165) is 6.26 Å². The van der Waals surface area contributed by atoms with Gasteiger partial charge in [-0.3, -0.25) is 0 Å². The van der Waals surface area contributed by atoms with Gasteiger partial charge in [0.15, 0.2) is 0 Å². The molecule has 0 aliphatic rings. The van der Waals surface area contributed by atoms with Crippen molar-refractivity contribution in [2.75, 3.05) is 0 Å². The molecule has 3 nitrogen and oxygen atoms in total. The van der Waals surface area contributed by atoms with Gasteiger partial charge in [0.2, 0.25) is 0 Å². The molecule has 0 N–H and O–H groups in total. The maximum atomic E-state index is 10.6. The van der Waals surface area contributed by atoms with Gasteiger partial charge in [-0.2, -0.15) is 0 Å². The van der Waals surface area contributed by atoms with Crippen LogP contribution in [0.4, 0.5) is 0 Å². The van der Waals surface area contributed by atoms with Gasteiger partial charge in [0, 0.05) is 10.7 Å². The van der Waals surface area contributed by atoms with Crippen molar-refractivity contribution in [3.05, 3.63) is 17.0 Å². The SMILES string of the molecule is O=S(=O)(Cl)c1cocc1Br. The van der Waals surface area contributed by atoms with E-state index in [2.05, 4.69) is 20.3 Å². The van der Waals surface area contributed by atoms with Crippen LogP contribution in [0, 0.1) is 0 Å². The lowest BCUT2D eigenvalue weighted by Gasteiger charge is -1.86. The molecule has 56 valence electrons. The molecule has 10 heavy (non-hydrogen) atoms. The minimum Gasteiger partial charge on any atom is -0.470 e. The molecular weight excluding hydrogens is 243 g/mol. The molecule has 1 aromatic rings. The quantitative estimate of drug-likeness (QED) is 0.711. The van der Waals surface area contributed by atoms with Gasteiger partial charge in [0.05, 0.1) is 4.47 Å². The summed E-state index contributed by atoms with van der Waals surface area (Å²) in [4.78, 5) is -0.0471. The molecule has 6 heteroatoms. The first-order valence-electron chi connectivity index (χ1n) is 2.18. The lowest BCUT2D eigenvalue weighted by Crippen LogP contribution is -1.86. The van der Waals surface area contributed by atoms with Crippen LogP contribution in [-0.4, -0.2) is 8.42 Å². The Labute approximate surface area is 70.5 Å². The van der Waals surface area contributed by atoms with Crippen LogP contribution in [0.15, 0.2) is 26.3 Å². The normalized spacial score (nSPS) is 11.8. The van der Waals surface area contributed by atoms with Crippen LogP contribution < -0.4 is 0 Å². The fourth-order valence-corrected chi connectivity index (χ4v) is 2.37. The van der Waals surface area contributed by atoms with E-state index < -0.39 is 9.05 Å². The first-order chi connectivity index (χ1) is 4.52. The summed E-state index contributed by atoms with van der Waals surface area (Å²) in [5.41, 5.74) is 0. The van der Waals surface area contributed by atoms with Gasteiger partial charge in [-0.25, -0.2) is 8.42 Å². The summed E-state index contributed by atoms with van der Waals surface area (Å²) < 4.78 is 26.1. The molecule has 0 radical (unpaired) electrons. The van der Waals surface area contributed by atoms with Crippen LogP contribution in [0.25, 0.3) is 0 Å². The largest absolute Gasteiger partial charge is 0.470 e. The van der Waals surface area contributed by atoms with E-state index in [1.807, 2.05) is 0 Å². The number of halogens is 2. The van der Waals surface area contributed by atoms with Crippen LogP contribution >= 0.6 is 26.6 Å². The summed E-state index contributed by atoms with van der Waals surface area (Å²) in [6.07, 6.45) is 2.31. The maximum Gasteiger partial charge on any atom is 0.265 e. The van der Waals surface area contributed by atoms with Gasteiger partial charge in [0.1, 0.15) is 17.4 Å². The minimum atomic E-state index is -3.66. The Morgan fingerprint density at radius 2 is 2.10 bits per heavy atom. The Morgan fingerprint density at radius 1 is 1.50 bits per heavy atom. The molecule has 0 aliphatic carbocycles. The molecule has 0 atom stereocenters. The van der Waals surface area contributed by atoms with Gasteiger partial charge in [-0.05, 0) is 15.9 Å². The molecular formula is C4H2BrClO3S. The van der Waals surface area contributed by atoms with Crippen LogP contribution in [0.3, 0.4) is 0 Å². The molecule has 0 bridgehead atoms. The standard InChI is InChI=1S/C4H2BrClO3S/c5-3-1-9-2-4(3)10(6,7)8/h1-2H. The second-order valence-corrected chi connectivity index (χ2v) is 4.91. The highest BCUT2D eigenvalue weighted by Crippen LogP contribution is 2.25. The number of furan rings is 1. The molecule has 0 amide bonds. The highest BCUT2D eigenvalue weighted by atomic mass is 79.9. The Bertz CT molecular complexity index is 328. The average molecular weight is 245 g/mol. The Morgan fingerprint density at radius 3 is 2.30 bits per heavy atom. The van der Waals surface area contributed by atoms with Crippen molar-refractivity contribution < 1.29 is 12.8 Å². The summed E-state index contributed by atoms with van der Waals surface area (Å²) in [6.45, 7) is 0. The minimum absolute atomic E-state index is 0.0471. The Balaban J connectivity index is 3.32. The van der Waals surface area contributed by atoms with E-state index in [4.69, 9.17) is 10.7 Å². The smallest absolute Gasteiger partial charge is 0.265 e. The van der Waals surface area contributed by atoms with Crippen LogP contribution in [0.1, 0.15) is 0 Å². The van der Waals surface area contributed by atoms with Crippen molar-refractivity contribution in [2.24, 2.45) is 0 Å². The summed E-state index contributed by atoms with van der Waals surface area (Å²) >= 11 is 2.94. The second kappa shape index (κ2) is 2.56. The van der Waals surface area contributed by atoms with E-state index in [1.165, 1.54) is 6.26 Å². The molecule has 1 heterocycles. The van der Waals surface area contributed by atoms with Gasteiger partial charge >= 0.3 is 0 Å².